The van der Waals surface area contributed by atoms with E-state index in [0.29, 0.717) is 6.42 Å². The van der Waals surface area contributed by atoms with Crippen molar-refractivity contribution < 1.29 is 42.4 Å². The fourth-order valence-corrected chi connectivity index (χ4v) is 3.87. The third-order valence-corrected chi connectivity index (χ3v) is 5.46. The molecule has 149 valence electrons. The van der Waals surface area contributed by atoms with Crippen LogP contribution in [0.2, 0.25) is 0 Å². The zero-order valence-corrected chi connectivity index (χ0v) is 20.0. The van der Waals surface area contributed by atoms with Crippen molar-refractivity contribution in [3.05, 3.63) is 0 Å². The molecule has 0 amide bonds. The molecule has 1 aliphatic heterocycles. The van der Waals surface area contributed by atoms with Gasteiger partial charge in [0, 0.05) is 51.4 Å². The van der Waals surface area contributed by atoms with Gasteiger partial charge in [-0.1, -0.05) is 16.9 Å². The molecule has 14 heteroatoms. The van der Waals surface area contributed by atoms with Crippen molar-refractivity contribution in [3.63, 3.8) is 0 Å². The number of aliphatic hydroxyl groups excluding tert-OH is 4. The second-order valence-electron chi connectivity index (χ2n) is 5.25. The van der Waals surface area contributed by atoms with E-state index in [4.69, 9.17) is 9.29 Å². The second-order valence-corrected chi connectivity index (χ2v) is 8.41. The molecule has 5 N–H and O–H groups in total. The summed E-state index contributed by atoms with van der Waals surface area (Å²) in [5.41, 5.74) is -1.11. The van der Waals surface area contributed by atoms with E-state index in [1.807, 2.05) is 6.26 Å². The average molecular weight is 461 g/mol. The quantitative estimate of drug-likeness (QED) is 0.0700. The summed E-state index contributed by atoms with van der Waals surface area (Å²) in [7, 11) is -4.78. The van der Waals surface area contributed by atoms with E-state index >= 15 is 0 Å². The summed E-state index contributed by atoms with van der Waals surface area (Å²) in [5.74, 6) is 0.886. The van der Waals surface area contributed by atoms with Gasteiger partial charge in [0.2, 0.25) is 0 Å². The summed E-state index contributed by atoms with van der Waals surface area (Å²) in [6, 6.07) is 0. The molecule has 1 rings (SSSR count). The Morgan fingerprint density at radius 3 is 2.38 bits per heavy atom. The van der Waals surface area contributed by atoms with Gasteiger partial charge in [-0.15, -0.1) is 0 Å². The summed E-state index contributed by atoms with van der Waals surface area (Å²) in [6.45, 7) is -0.580. The number of thioether (sulfide) groups is 2. The molecular weight excluding hydrogens is 437 g/mol. The van der Waals surface area contributed by atoms with Crippen LogP contribution >= 0.6 is 23.5 Å². The summed E-state index contributed by atoms with van der Waals surface area (Å²) in [5, 5.41) is 42.2. The van der Waals surface area contributed by atoms with Crippen LogP contribution in [0, 0.1) is 0 Å². The van der Waals surface area contributed by atoms with Crippen molar-refractivity contribution in [2.24, 2.45) is 5.16 Å². The van der Waals surface area contributed by atoms with Crippen molar-refractivity contribution in [1.29, 1.82) is 0 Å². The smallest absolute Gasteiger partial charge is 0.394 e. The Bertz CT molecular complexity index is 534. The Kier molecular flexibility index (Phi) is 14.5. The summed E-state index contributed by atoms with van der Waals surface area (Å²) in [6.07, 6.45) is -1.94. The number of hydrogen-bond acceptors (Lipinski definition) is 11. The number of hydrogen-bond donors (Lipinski definition) is 5. The maximum absolute atomic E-state index is 10.7. The zero-order valence-electron chi connectivity index (χ0n) is 14.5. The topological polar surface area (TPSA) is 166 Å². The molecule has 0 bridgehead atoms. The van der Waals surface area contributed by atoms with Gasteiger partial charge in [-0.05, 0) is 31.3 Å². The van der Waals surface area contributed by atoms with Crippen LogP contribution in [-0.4, -0.2) is 138 Å². The normalized spacial score (nSPS) is 29.9. The first-order valence-corrected chi connectivity index (χ1v) is 11.0. The first kappa shape index (κ1) is 27.5. The van der Waals surface area contributed by atoms with Gasteiger partial charge in [0.1, 0.15) is 34.9 Å². The molecule has 0 spiro atoms. The van der Waals surface area contributed by atoms with Gasteiger partial charge in [0.05, 0.1) is 6.61 Å². The Balaban J connectivity index is 0.00000625. The van der Waals surface area contributed by atoms with Crippen molar-refractivity contribution >= 4 is 90.4 Å². The van der Waals surface area contributed by atoms with E-state index < -0.39 is 46.9 Å². The number of oxime groups is 1. The molecule has 5 atom stereocenters. The molecule has 0 unspecified atom stereocenters. The third kappa shape index (κ3) is 9.82. The Hall–Kier alpha value is 1.52. The van der Waals surface area contributed by atoms with Crippen LogP contribution < -0.4 is 0 Å². The standard InChI is InChI=1S/C12H23NO9S3.K/c1-23-5-3-2-4-8(13-22-25(18,19)20)24-12-11(17)10(16)9(15)7(6-14)21-12;/h7,9-12,14-17H,2-6H2,1H3,(H,18,19,20);/t7-,9-,10+,11-,12+;/m1./s1. The summed E-state index contributed by atoms with van der Waals surface area (Å²) >= 11 is 2.43. The largest absolute Gasteiger partial charge is 0.466 e. The van der Waals surface area contributed by atoms with E-state index in [0.717, 1.165) is 23.9 Å². The first-order valence-electron chi connectivity index (χ1n) is 7.38. The minimum absolute atomic E-state index is 0. The number of nitrogens with zero attached hydrogens (tertiary/aromatic N) is 1. The summed E-state index contributed by atoms with van der Waals surface area (Å²) < 4.78 is 39.4. The molecular formula is C12H23KNO9S3. The maximum atomic E-state index is 10.7. The average Bonchev–Trinajstić information content (AvgIpc) is 2.55. The molecule has 1 aliphatic rings. The Morgan fingerprint density at radius 2 is 1.85 bits per heavy atom. The van der Waals surface area contributed by atoms with Gasteiger partial charge in [0.15, 0.2) is 0 Å². The Labute approximate surface area is 203 Å². The third-order valence-electron chi connectivity index (χ3n) is 3.32. The first-order chi connectivity index (χ1) is 11.7. The summed E-state index contributed by atoms with van der Waals surface area (Å²) in [4.78, 5) is 0. The van der Waals surface area contributed by atoms with Crippen LogP contribution in [0.4, 0.5) is 0 Å². The van der Waals surface area contributed by atoms with Gasteiger partial charge in [-0.25, -0.2) is 4.28 Å². The molecule has 0 aromatic carbocycles. The molecule has 1 radical (unpaired) electrons. The monoisotopic (exact) mass is 460 g/mol. The van der Waals surface area contributed by atoms with E-state index in [9.17, 15) is 28.8 Å². The molecule has 1 fully saturated rings. The van der Waals surface area contributed by atoms with Gasteiger partial charge in [0.25, 0.3) is 0 Å². The van der Waals surface area contributed by atoms with Crippen LogP contribution in [0.5, 0.6) is 0 Å². The van der Waals surface area contributed by atoms with E-state index in [2.05, 4.69) is 9.44 Å². The minimum atomic E-state index is -4.78. The van der Waals surface area contributed by atoms with Crippen molar-refractivity contribution in [2.75, 3.05) is 18.6 Å². The van der Waals surface area contributed by atoms with Crippen LogP contribution in [0.3, 0.4) is 0 Å². The Morgan fingerprint density at radius 1 is 1.19 bits per heavy atom. The molecule has 1 heterocycles. The number of ether oxygens (including phenoxy) is 1. The number of aliphatic hydroxyl groups is 4. The van der Waals surface area contributed by atoms with E-state index in [1.165, 1.54) is 0 Å². The van der Waals surface area contributed by atoms with Gasteiger partial charge >= 0.3 is 10.4 Å². The van der Waals surface area contributed by atoms with Crippen molar-refractivity contribution in [1.82, 2.24) is 0 Å². The molecule has 26 heavy (non-hydrogen) atoms. The molecule has 1 saturated heterocycles. The molecule has 0 aromatic heterocycles. The fraction of sp³-hybridized carbons (Fsp3) is 0.917. The van der Waals surface area contributed by atoms with Crippen LogP contribution in [0.15, 0.2) is 5.16 Å². The van der Waals surface area contributed by atoms with Gasteiger partial charge in [-0.3, -0.25) is 4.55 Å². The zero-order chi connectivity index (χ0) is 19.0. The maximum Gasteiger partial charge on any atom is 0.466 e. The molecule has 10 nitrogen and oxygen atoms in total. The molecule has 0 aliphatic carbocycles. The second kappa shape index (κ2) is 13.7. The van der Waals surface area contributed by atoms with E-state index in [-0.39, 0.29) is 62.8 Å². The van der Waals surface area contributed by atoms with E-state index in [1.54, 1.807) is 11.8 Å². The van der Waals surface area contributed by atoms with Crippen LogP contribution in [0.1, 0.15) is 19.3 Å². The SMILES string of the molecule is CSCCCCC(=NOS(=O)(=O)O)S[C@@H]1O[C@H](CO)[C@@H](O)[C@H](O)[C@H]1O.[K]. The van der Waals surface area contributed by atoms with Crippen molar-refractivity contribution in [3.8, 4) is 0 Å². The minimum Gasteiger partial charge on any atom is -0.394 e. The van der Waals surface area contributed by atoms with Gasteiger partial charge in [-0.2, -0.15) is 20.2 Å². The fourth-order valence-electron chi connectivity index (χ4n) is 2.04. The molecule has 0 saturated carbocycles. The van der Waals surface area contributed by atoms with Crippen LogP contribution in [0.25, 0.3) is 0 Å². The number of rotatable bonds is 9. The van der Waals surface area contributed by atoms with Crippen molar-refractivity contribution in [2.45, 2.75) is 49.1 Å². The number of unbranched alkanes of at least 4 members (excludes halogenated alkanes) is 1. The van der Waals surface area contributed by atoms with Gasteiger partial charge < -0.3 is 25.2 Å². The predicted octanol–water partition coefficient (Wildman–Crippen LogP) is -1.20. The predicted molar refractivity (Wildman–Crippen MR) is 99.4 cm³/mol. The molecule has 0 aromatic rings. The van der Waals surface area contributed by atoms with Crippen LogP contribution in [-0.2, 0) is 19.4 Å².